The van der Waals surface area contributed by atoms with Crippen LogP contribution in [0.25, 0.3) is 0 Å². The Balaban J connectivity index is 1.61. The number of anilines is 4. The molecule has 1 aliphatic heterocycles. The van der Waals surface area contributed by atoms with E-state index in [1.807, 2.05) is 37.4 Å². The van der Waals surface area contributed by atoms with Crippen LogP contribution < -0.4 is 16.2 Å². The Morgan fingerprint density at radius 2 is 2.03 bits per heavy atom. The number of nitrogens with one attached hydrogen (secondary N) is 2. The summed E-state index contributed by atoms with van der Waals surface area (Å²) in [7, 11) is 3.83. The second-order valence-corrected chi connectivity index (χ2v) is 9.13. The number of hydrogen-bond donors (Lipinski definition) is 3. The van der Waals surface area contributed by atoms with Crippen LogP contribution in [0.4, 0.5) is 23.1 Å². The molecule has 33 heavy (non-hydrogen) atoms. The zero-order valence-corrected chi connectivity index (χ0v) is 19.7. The molecule has 1 aliphatic rings. The van der Waals surface area contributed by atoms with Crippen molar-refractivity contribution in [1.29, 1.82) is 0 Å². The Morgan fingerprint density at radius 1 is 1.24 bits per heavy atom. The number of para-hydroxylation sites is 1. The van der Waals surface area contributed by atoms with Gasteiger partial charge in [-0.15, -0.1) is 11.8 Å². The van der Waals surface area contributed by atoms with Gasteiger partial charge < -0.3 is 25.2 Å². The zero-order valence-electron chi connectivity index (χ0n) is 18.1. The number of carboxylic acids is 1. The molecule has 0 bridgehead atoms. The third kappa shape index (κ3) is 5.29. The quantitative estimate of drug-likeness (QED) is 0.432. The smallest absolute Gasteiger partial charge is 0.313 e. The lowest BCUT2D eigenvalue weighted by molar-refractivity contribution is -0.133. The van der Waals surface area contributed by atoms with Crippen LogP contribution in [0.2, 0.25) is 5.02 Å². The number of aromatic nitrogens is 3. The summed E-state index contributed by atoms with van der Waals surface area (Å²) in [5, 5.41) is 15.5. The lowest BCUT2D eigenvalue weighted by Crippen LogP contribution is -2.33. The van der Waals surface area contributed by atoms with Crippen molar-refractivity contribution in [3.63, 3.8) is 0 Å². The van der Waals surface area contributed by atoms with E-state index >= 15 is 0 Å². The number of nitrogens with zero attached hydrogens (tertiary/aromatic N) is 4. The Morgan fingerprint density at radius 3 is 2.82 bits per heavy atom. The fraction of sp³-hybridized carbons (Fsp3) is 0.273. The van der Waals surface area contributed by atoms with Gasteiger partial charge in [0.2, 0.25) is 5.95 Å². The fourth-order valence-electron chi connectivity index (χ4n) is 3.66. The Labute approximate surface area is 199 Å². The standard InChI is InChI=1S/C22H23ClN6O3S/c1-28-8-7-17-13(11-28)9-16(21(32)29(17)2)26-22-24-10-14(23)20(27-22)25-15-5-3-4-6-18(15)33-12-19(30)31/h3-6,9-10H,7-8,11-12H2,1-2H3,(H,30,31)(H2,24,25,26,27). The van der Waals surface area contributed by atoms with E-state index in [0.29, 0.717) is 22.2 Å². The number of carboxylic acid groups (broad SMARTS) is 1. The predicted octanol–water partition coefficient (Wildman–Crippen LogP) is 3.48. The molecule has 3 heterocycles. The summed E-state index contributed by atoms with van der Waals surface area (Å²) in [6.07, 6.45) is 2.27. The maximum absolute atomic E-state index is 12.9. The Hall–Kier alpha value is -3.08. The largest absolute Gasteiger partial charge is 0.481 e. The highest BCUT2D eigenvalue weighted by Gasteiger charge is 2.19. The first-order valence-electron chi connectivity index (χ1n) is 10.2. The van der Waals surface area contributed by atoms with E-state index in [1.165, 1.54) is 18.0 Å². The number of hydrogen-bond acceptors (Lipinski definition) is 8. The van der Waals surface area contributed by atoms with Crippen molar-refractivity contribution in [2.75, 3.05) is 30.0 Å². The van der Waals surface area contributed by atoms with E-state index in [0.717, 1.165) is 35.7 Å². The summed E-state index contributed by atoms with van der Waals surface area (Å²) < 4.78 is 1.68. The maximum atomic E-state index is 12.9. The monoisotopic (exact) mass is 486 g/mol. The molecule has 2 aromatic heterocycles. The van der Waals surface area contributed by atoms with Crippen LogP contribution in [-0.2, 0) is 24.8 Å². The molecule has 4 rings (SSSR count). The van der Waals surface area contributed by atoms with Gasteiger partial charge in [-0.1, -0.05) is 23.7 Å². The average molecular weight is 487 g/mol. The average Bonchev–Trinajstić information content (AvgIpc) is 2.78. The first-order chi connectivity index (χ1) is 15.8. The SMILES string of the molecule is CN1CCc2c(cc(Nc3ncc(Cl)c(Nc4ccccc4SCC(=O)O)n3)c(=O)n2C)C1. The number of likely N-dealkylation sites (N-methyl/N-ethyl adjacent to an activating group) is 1. The number of halogens is 1. The van der Waals surface area contributed by atoms with E-state index in [9.17, 15) is 9.59 Å². The minimum atomic E-state index is -0.904. The van der Waals surface area contributed by atoms with Crippen molar-refractivity contribution in [2.24, 2.45) is 7.05 Å². The van der Waals surface area contributed by atoms with E-state index in [-0.39, 0.29) is 17.3 Å². The molecule has 1 aromatic carbocycles. The maximum Gasteiger partial charge on any atom is 0.313 e. The van der Waals surface area contributed by atoms with Crippen LogP contribution in [0, 0.1) is 0 Å². The van der Waals surface area contributed by atoms with Gasteiger partial charge in [-0.25, -0.2) is 4.98 Å². The molecule has 11 heteroatoms. The van der Waals surface area contributed by atoms with Gasteiger partial charge in [0.25, 0.3) is 5.56 Å². The molecular formula is C22H23ClN6O3S. The number of rotatable bonds is 7. The number of aliphatic carboxylic acids is 1. The summed E-state index contributed by atoms with van der Waals surface area (Å²) >= 11 is 7.50. The molecule has 0 saturated carbocycles. The van der Waals surface area contributed by atoms with Gasteiger partial charge in [-0.2, -0.15) is 4.98 Å². The van der Waals surface area contributed by atoms with Crippen LogP contribution in [0.15, 0.2) is 46.2 Å². The molecule has 0 unspecified atom stereocenters. The van der Waals surface area contributed by atoms with Crippen LogP contribution in [0.3, 0.4) is 0 Å². The highest BCUT2D eigenvalue weighted by Crippen LogP contribution is 2.31. The molecule has 0 spiro atoms. The van der Waals surface area contributed by atoms with E-state index in [4.69, 9.17) is 16.7 Å². The molecule has 172 valence electrons. The molecule has 0 aliphatic carbocycles. The molecule has 0 atom stereocenters. The Bertz CT molecular complexity index is 1270. The van der Waals surface area contributed by atoms with Gasteiger partial charge in [0.05, 0.1) is 17.6 Å². The van der Waals surface area contributed by atoms with Crippen LogP contribution in [-0.4, -0.2) is 49.9 Å². The minimum Gasteiger partial charge on any atom is -0.481 e. The number of carbonyl (C=O) groups is 1. The highest BCUT2D eigenvalue weighted by molar-refractivity contribution is 8.00. The van der Waals surface area contributed by atoms with Gasteiger partial charge in [0.15, 0.2) is 5.82 Å². The highest BCUT2D eigenvalue weighted by atomic mass is 35.5. The van der Waals surface area contributed by atoms with E-state index in [2.05, 4.69) is 25.5 Å². The normalized spacial score (nSPS) is 13.4. The summed E-state index contributed by atoms with van der Waals surface area (Å²) in [5.41, 5.74) is 3.03. The number of benzene rings is 1. The van der Waals surface area contributed by atoms with Gasteiger partial charge in [0.1, 0.15) is 10.7 Å². The number of fused-ring (bicyclic) bond motifs is 1. The van der Waals surface area contributed by atoms with Crippen molar-refractivity contribution in [1.82, 2.24) is 19.4 Å². The summed E-state index contributed by atoms with van der Waals surface area (Å²) in [6.45, 7) is 1.67. The predicted molar refractivity (Wildman–Crippen MR) is 130 cm³/mol. The van der Waals surface area contributed by atoms with E-state index in [1.54, 1.807) is 11.6 Å². The van der Waals surface area contributed by atoms with Crippen molar-refractivity contribution in [2.45, 2.75) is 17.9 Å². The first-order valence-corrected chi connectivity index (χ1v) is 11.6. The van der Waals surface area contributed by atoms with Crippen molar-refractivity contribution >= 4 is 52.5 Å². The molecule has 0 amide bonds. The molecule has 0 fully saturated rings. The third-order valence-electron chi connectivity index (χ3n) is 5.28. The first kappa shape index (κ1) is 23.1. The molecule has 0 saturated heterocycles. The zero-order chi connectivity index (χ0) is 23.5. The van der Waals surface area contributed by atoms with Gasteiger partial charge in [-0.05, 0) is 30.8 Å². The summed E-state index contributed by atoms with van der Waals surface area (Å²) in [6, 6.07) is 9.14. The van der Waals surface area contributed by atoms with Gasteiger partial charge >= 0.3 is 5.97 Å². The van der Waals surface area contributed by atoms with Crippen molar-refractivity contribution < 1.29 is 9.90 Å². The molecule has 9 nitrogen and oxygen atoms in total. The van der Waals surface area contributed by atoms with Gasteiger partial charge in [0, 0.05) is 37.1 Å². The van der Waals surface area contributed by atoms with E-state index < -0.39 is 5.97 Å². The third-order valence-corrected chi connectivity index (χ3v) is 6.62. The van der Waals surface area contributed by atoms with Crippen molar-refractivity contribution in [3.05, 3.63) is 63.2 Å². The molecule has 3 aromatic rings. The molecule has 0 radical (unpaired) electrons. The lowest BCUT2D eigenvalue weighted by atomic mass is 10.1. The number of thioether (sulfide) groups is 1. The topological polar surface area (TPSA) is 112 Å². The van der Waals surface area contributed by atoms with Crippen LogP contribution >= 0.6 is 23.4 Å². The van der Waals surface area contributed by atoms with Crippen LogP contribution in [0.1, 0.15) is 11.3 Å². The lowest BCUT2D eigenvalue weighted by Gasteiger charge is -2.27. The minimum absolute atomic E-state index is 0.0696. The second-order valence-electron chi connectivity index (χ2n) is 7.70. The Kier molecular flexibility index (Phi) is 6.87. The summed E-state index contributed by atoms with van der Waals surface area (Å²) in [4.78, 5) is 35.5. The molecule has 3 N–H and O–H groups in total. The fourth-order valence-corrected chi connectivity index (χ4v) is 4.52. The molecular weight excluding hydrogens is 464 g/mol. The van der Waals surface area contributed by atoms with Crippen molar-refractivity contribution in [3.8, 4) is 0 Å². The second kappa shape index (κ2) is 9.82. The summed E-state index contributed by atoms with van der Waals surface area (Å²) in [5.74, 6) is -0.412. The number of pyridine rings is 1. The van der Waals surface area contributed by atoms with Crippen LogP contribution in [0.5, 0.6) is 0 Å². The van der Waals surface area contributed by atoms with Gasteiger partial charge in [-0.3, -0.25) is 9.59 Å².